The fourth-order valence-corrected chi connectivity index (χ4v) is 0.652. The van der Waals surface area contributed by atoms with E-state index in [1.165, 1.54) is 0 Å². The van der Waals surface area contributed by atoms with E-state index in [0.29, 0.717) is 12.1 Å². The predicted octanol–water partition coefficient (Wildman–Crippen LogP) is -0.207. The molecule has 0 aliphatic heterocycles. The molecule has 0 bridgehead atoms. The van der Waals surface area contributed by atoms with Crippen LogP contribution in [0.4, 0.5) is 5.95 Å². The van der Waals surface area contributed by atoms with Gasteiger partial charge in [0.15, 0.2) is 0 Å². The molecule has 0 amide bonds. The maximum atomic E-state index is 8.44. The van der Waals surface area contributed by atoms with Gasteiger partial charge in [-0.2, -0.15) is 0 Å². The van der Waals surface area contributed by atoms with E-state index in [1.54, 1.807) is 12.3 Å². The summed E-state index contributed by atoms with van der Waals surface area (Å²) in [6, 6.07) is 1.67. The average molecular weight is 163 g/mol. The maximum absolute atomic E-state index is 8.44. The second-order valence-corrected chi connectivity index (χ2v) is 2.08. The first-order valence-electron chi connectivity index (χ1n) is 3.51. The van der Waals surface area contributed by atoms with Gasteiger partial charge in [-0.05, 0) is 12.0 Å². The summed E-state index contributed by atoms with van der Waals surface area (Å²) in [7, 11) is 0. The highest BCUT2D eigenvalue weighted by molar-refractivity contribution is 5.30. The fraction of sp³-hybridized carbons (Fsp3) is 0.250. The highest BCUT2D eigenvalue weighted by Crippen LogP contribution is 1.93. The van der Waals surface area contributed by atoms with Gasteiger partial charge >= 0.3 is 0 Å². The van der Waals surface area contributed by atoms with E-state index < -0.39 is 0 Å². The van der Waals surface area contributed by atoms with Crippen molar-refractivity contribution < 1.29 is 5.11 Å². The highest BCUT2D eigenvalue weighted by Gasteiger charge is 1.88. The number of nitrogen functional groups attached to an aromatic ring is 1. The zero-order valence-corrected chi connectivity index (χ0v) is 6.49. The summed E-state index contributed by atoms with van der Waals surface area (Å²) < 4.78 is 0. The molecule has 0 spiro atoms. The Bertz CT molecular complexity index is 314. The quantitative estimate of drug-likeness (QED) is 0.562. The zero-order chi connectivity index (χ0) is 8.81. The first-order chi connectivity index (χ1) is 5.83. The van der Waals surface area contributed by atoms with Crippen molar-refractivity contribution in [1.29, 1.82) is 0 Å². The van der Waals surface area contributed by atoms with Crippen molar-refractivity contribution in [1.82, 2.24) is 9.97 Å². The van der Waals surface area contributed by atoms with Crippen molar-refractivity contribution in [2.24, 2.45) is 0 Å². The molecule has 1 rings (SSSR count). The number of nitrogens with two attached hydrogens (primary N) is 1. The van der Waals surface area contributed by atoms with E-state index in [-0.39, 0.29) is 12.6 Å². The van der Waals surface area contributed by atoms with Crippen molar-refractivity contribution in [2.75, 3.05) is 12.3 Å². The van der Waals surface area contributed by atoms with Crippen LogP contribution in [0.2, 0.25) is 0 Å². The third kappa shape index (κ3) is 2.56. The van der Waals surface area contributed by atoms with Crippen molar-refractivity contribution in [3.05, 3.63) is 18.0 Å². The van der Waals surface area contributed by atoms with E-state index in [0.717, 1.165) is 0 Å². The Morgan fingerprint density at radius 1 is 1.58 bits per heavy atom. The van der Waals surface area contributed by atoms with E-state index in [2.05, 4.69) is 21.8 Å². The van der Waals surface area contributed by atoms with Gasteiger partial charge in [0, 0.05) is 12.6 Å². The van der Waals surface area contributed by atoms with Crippen molar-refractivity contribution in [3.8, 4) is 11.8 Å². The van der Waals surface area contributed by atoms with Crippen LogP contribution in [0, 0.1) is 11.8 Å². The lowest BCUT2D eigenvalue weighted by molar-refractivity contribution is 0.305. The van der Waals surface area contributed by atoms with Crippen molar-refractivity contribution in [3.63, 3.8) is 0 Å². The van der Waals surface area contributed by atoms with Gasteiger partial charge in [0.2, 0.25) is 5.95 Å². The fourth-order valence-electron chi connectivity index (χ4n) is 0.652. The van der Waals surface area contributed by atoms with Crippen LogP contribution < -0.4 is 5.73 Å². The molecule has 0 saturated heterocycles. The largest absolute Gasteiger partial charge is 0.395 e. The summed E-state index contributed by atoms with van der Waals surface area (Å²) in [5, 5.41) is 8.44. The molecule has 4 heteroatoms. The molecule has 0 fully saturated rings. The van der Waals surface area contributed by atoms with E-state index >= 15 is 0 Å². The molecule has 0 aliphatic rings. The van der Waals surface area contributed by atoms with Crippen LogP contribution >= 0.6 is 0 Å². The Balaban J connectivity index is 2.71. The number of anilines is 1. The molecule has 0 atom stereocenters. The maximum Gasteiger partial charge on any atom is 0.221 e. The van der Waals surface area contributed by atoms with Crippen molar-refractivity contribution >= 4 is 5.95 Å². The van der Waals surface area contributed by atoms with Crippen LogP contribution in [0.1, 0.15) is 12.1 Å². The number of aromatic nitrogens is 2. The lowest BCUT2D eigenvalue weighted by Crippen LogP contribution is -1.95. The number of hydrogen-bond acceptors (Lipinski definition) is 4. The minimum Gasteiger partial charge on any atom is -0.395 e. The molecule has 1 aromatic heterocycles. The summed E-state index contributed by atoms with van der Waals surface area (Å²) >= 11 is 0. The summed E-state index contributed by atoms with van der Waals surface area (Å²) in [6.45, 7) is 0.0631. The molecule has 0 saturated carbocycles. The molecule has 4 nitrogen and oxygen atoms in total. The molecule has 0 radical (unpaired) electrons. The number of aliphatic hydroxyl groups is 1. The number of aliphatic hydroxyl groups excluding tert-OH is 1. The smallest absolute Gasteiger partial charge is 0.221 e. The molecule has 12 heavy (non-hydrogen) atoms. The minimum absolute atomic E-state index is 0.0631. The zero-order valence-electron chi connectivity index (χ0n) is 6.49. The summed E-state index contributed by atoms with van der Waals surface area (Å²) in [5.74, 6) is 5.69. The summed E-state index contributed by atoms with van der Waals surface area (Å²) in [6.07, 6.45) is 2.00. The van der Waals surface area contributed by atoms with E-state index in [9.17, 15) is 0 Å². The van der Waals surface area contributed by atoms with Crippen LogP contribution in [-0.2, 0) is 0 Å². The Hall–Kier alpha value is -1.60. The van der Waals surface area contributed by atoms with Gasteiger partial charge in [0.05, 0.1) is 6.61 Å². The molecular weight excluding hydrogens is 154 g/mol. The molecule has 0 aromatic carbocycles. The third-order valence-electron chi connectivity index (χ3n) is 1.13. The standard InChI is InChI=1S/C8H9N3O/c9-8-10-5-4-7(11-8)3-1-2-6-12/h4-5,12H,2,6H2,(H2,9,10,11). The third-order valence-corrected chi connectivity index (χ3v) is 1.13. The first-order valence-corrected chi connectivity index (χ1v) is 3.51. The van der Waals surface area contributed by atoms with Crippen LogP contribution in [0.3, 0.4) is 0 Å². The molecule has 1 aromatic rings. The number of nitrogens with zero attached hydrogens (tertiary/aromatic N) is 2. The normalized spacial score (nSPS) is 8.75. The topological polar surface area (TPSA) is 72.0 Å². The van der Waals surface area contributed by atoms with Crippen molar-refractivity contribution in [2.45, 2.75) is 6.42 Å². The second-order valence-electron chi connectivity index (χ2n) is 2.08. The lowest BCUT2D eigenvalue weighted by Gasteiger charge is -1.90. The van der Waals surface area contributed by atoms with Crippen LogP contribution in [-0.4, -0.2) is 21.7 Å². The van der Waals surface area contributed by atoms with Crippen LogP contribution in [0.5, 0.6) is 0 Å². The number of rotatable bonds is 1. The average Bonchev–Trinajstić information content (AvgIpc) is 2.05. The minimum atomic E-state index is 0.0631. The molecule has 3 N–H and O–H groups in total. The van der Waals surface area contributed by atoms with Gasteiger partial charge in [-0.1, -0.05) is 5.92 Å². The highest BCUT2D eigenvalue weighted by atomic mass is 16.2. The van der Waals surface area contributed by atoms with Gasteiger partial charge in [-0.15, -0.1) is 0 Å². The summed E-state index contributed by atoms with van der Waals surface area (Å²) in [4.78, 5) is 7.57. The van der Waals surface area contributed by atoms with Gasteiger partial charge in [-0.25, -0.2) is 9.97 Å². The molecule has 62 valence electrons. The SMILES string of the molecule is Nc1nccc(C#CCCO)n1. The lowest BCUT2D eigenvalue weighted by atomic mass is 10.3. The van der Waals surface area contributed by atoms with Gasteiger partial charge < -0.3 is 10.8 Å². The van der Waals surface area contributed by atoms with Crippen LogP contribution in [0.15, 0.2) is 12.3 Å². The van der Waals surface area contributed by atoms with Gasteiger partial charge in [0.1, 0.15) is 5.69 Å². The Labute approximate surface area is 70.5 Å². The molecule has 0 unspecified atom stereocenters. The number of hydrogen-bond donors (Lipinski definition) is 2. The summed E-state index contributed by atoms with van der Waals surface area (Å²) in [5.41, 5.74) is 5.90. The first kappa shape index (κ1) is 8.50. The van der Waals surface area contributed by atoms with Gasteiger partial charge in [-0.3, -0.25) is 0 Å². The second kappa shape index (κ2) is 4.31. The monoisotopic (exact) mass is 163 g/mol. The van der Waals surface area contributed by atoms with E-state index in [1.807, 2.05) is 0 Å². The Morgan fingerprint density at radius 2 is 2.42 bits per heavy atom. The molecule has 1 heterocycles. The molecule has 0 aliphatic carbocycles. The predicted molar refractivity (Wildman–Crippen MR) is 45.0 cm³/mol. The Morgan fingerprint density at radius 3 is 3.08 bits per heavy atom. The molecular formula is C8H9N3O. The van der Waals surface area contributed by atoms with Crippen LogP contribution in [0.25, 0.3) is 0 Å². The van der Waals surface area contributed by atoms with Gasteiger partial charge in [0.25, 0.3) is 0 Å². The van der Waals surface area contributed by atoms with E-state index in [4.69, 9.17) is 10.8 Å². The Kier molecular flexibility index (Phi) is 3.05.